The summed E-state index contributed by atoms with van der Waals surface area (Å²) in [6, 6.07) is 0. The topological polar surface area (TPSA) is 50.7 Å². The molecule has 0 aliphatic carbocycles. The van der Waals surface area contributed by atoms with Gasteiger partial charge in [-0.25, -0.2) is 9.89 Å². The largest absolute Gasteiger partial charge is 0.361 e. The molecule has 0 radical (unpaired) electrons. The van der Waals surface area contributed by atoms with E-state index >= 15 is 0 Å². The maximum Gasteiger partial charge on any atom is 0.361 e. The SMILES string of the molecule is CCc1nc(=O)[nH]n1C. The molecular weight excluding hydrogens is 118 g/mol. The molecule has 0 fully saturated rings. The summed E-state index contributed by atoms with van der Waals surface area (Å²) in [5.74, 6) is 0.792. The van der Waals surface area contributed by atoms with Crippen LogP contribution in [0.4, 0.5) is 0 Å². The van der Waals surface area contributed by atoms with Gasteiger partial charge >= 0.3 is 5.69 Å². The number of hydrogen-bond acceptors (Lipinski definition) is 2. The lowest BCUT2D eigenvalue weighted by Crippen LogP contribution is -2.03. The molecule has 0 bridgehead atoms. The summed E-state index contributed by atoms with van der Waals surface area (Å²) < 4.78 is 1.63. The highest BCUT2D eigenvalue weighted by molar-refractivity contribution is 4.81. The number of hydrogen-bond donors (Lipinski definition) is 1. The molecule has 4 heteroatoms. The Labute approximate surface area is 52.5 Å². The minimum absolute atomic E-state index is 0.269. The Balaban J connectivity index is 3.16. The van der Waals surface area contributed by atoms with Crippen LogP contribution >= 0.6 is 0 Å². The van der Waals surface area contributed by atoms with Crippen LogP contribution in [0, 0.1) is 0 Å². The second kappa shape index (κ2) is 2.05. The second-order valence-electron chi connectivity index (χ2n) is 1.86. The van der Waals surface area contributed by atoms with Gasteiger partial charge in [-0.2, -0.15) is 4.98 Å². The number of aromatic amines is 1. The quantitative estimate of drug-likeness (QED) is 0.561. The van der Waals surface area contributed by atoms with E-state index in [-0.39, 0.29) is 5.69 Å². The smallest absolute Gasteiger partial charge is 0.273 e. The van der Waals surface area contributed by atoms with Crippen molar-refractivity contribution in [1.82, 2.24) is 14.8 Å². The molecule has 1 heterocycles. The van der Waals surface area contributed by atoms with Crippen molar-refractivity contribution in [3.63, 3.8) is 0 Å². The molecule has 0 aliphatic heterocycles. The summed E-state index contributed by atoms with van der Waals surface area (Å²) in [4.78, 5) is 14.2. The minimum atomic E-state index is -0.269. The molecule has 1 aromatic rings. The molecule has 9 heavy (non-hydrogen) atoms. The number of aryl methyl sites for hydroxylation is 2. The average Bonchev–Trinajstić information content (AvgIpc) is 2.10. The van der Waals surface area contributed by atoms with E-state index in [4.69, 9.17) is 0 Å². The Morgan fingerprint density at radius 2 is 2.44 bits per heavy atom. The number of H-pyrrole nitrogens is 1. The normalized spacial score (nSPS) is 10.0. The van der Waals surface area contributed by atoms with Gasteiger partial charge in [0.2, 0.25) is 0 Å². The Bertz CT molecular complexity index is 247. The van der Waals surface area contributed by atoms with E-state index in [9.17, 15) is 4.79 Å². The van der Waals surface area contributed by atoms with E-state index in [0.717, 1.165) is 12.2 Å². The molecular formula is C5H9N3O. The highest BCUT2D eigenvalue weighted by Crippen LogP contribution is 1.85. The van der Waals surface area contributed by atoms with Gasteiger partial charge in [0, 0.05) is 13.5 Å². The standard InChI is InChI=1S/C5H9N3O/c1-3-4-6-5(9)7-8(4)2/h3H2,1-2H3,(H,7,9). The predicted octanol–water partition coefficient (Wildman–Crippen LogP) is -0.329. The van der Waals surface area contributed by atoms with Crippen LogP contribution in [0.25, 0.3) is 0 Å². The van der Waals surface area contributed by atoms with E-state index in [1.165, 1.54) is 0 Å². The number of nitrogens with zero attached hydrogens (tertiary/aromatic N) is 2. The van der Waals surface area contributed by atoms with Gasteiger partial charge in [-0.05, 0) is 0 Å². The first-order valence-electron chi connectivity index (χ1n) is 2.86. The fraction of sp³-hybridized carbons (Fsp3) is 0.600. The zero-order chi connectivity index (χ0) is 6.85. The van der Waals surface area contributed by atoms with E-state index in [0.29, 0.717) is 0 Å². The van der Waals surface area contributed by atoms with Gasteiger partial charge in [0.15, 0.2) is 0 Å². The highest BCUT2D eigenvalue weighted by Gasteiger charge is 1.96. The zero-order valence-electron chi connectivity index (χ0n) is 5.51. The molecule has 1 rings (SSSR count). The molecule has 0 aliphatic rings. The third-order valence-electron chi connectivity index (χ3n) is 1.20. The summed E-state index contributed by atoms with van der Waals surface area (Å²) >= 11 is 0. The van der Waals surface area contributed by atoms with Crippen molar-refractivity contribution in [3.8, 4) is 0 Å². The van der Waals surface area contributed by atoms with E-state index in [2.05, 4.69) is 10.1 Å². The van der Waals surface area contributed by atoms with Crippen LogP contribution in [0.2, 0.25) is 0 Å². The van der Waals surface area contributed by atoms with Crippen LogP contribution in [-0.4, -0.2) is 14.8 Å². The van der Waals surface area contributed by atoms with Crippen LogP contribution in [-0.2, 0) is 13.5 Å². The van der Waals surface area contributed by atoms with Crippen molar-refractivity contribution in [1.29, 1.82) is 0 Å². The minimum Gasteiger partial charge on any atom is -0.273 e. The molecule has 1 aromatic heterocycles. The zero-order valence-corrected chi connectivity index (χ0v) is 5.51. The Morgan fingerprint density at radius 3 is 2.67 bits per heavy atom. The molecule has 0 saturated carbocycles. The summed E-state index contributed by atoms with van der Waals surface area (Å²) in [5.41, 5.74) is -0.269. The lowest BCUT2D eigenvalue weighted by atomic mass is 10.5. The molecule has 0 spiro atoms. The fourth-order valence-corrected chi connectivity index (χ4v) is 0.741. The second-order valence-corrected chi connectivity index (χ2v) is 1.86. The average molecular weight is 127 g/mol. The van der Waals surface area contributed by atoms with Gasteiger partial charge in [0.05, 0.1) is 0 Å². The van der Waals surface area contributed by atoms with E-state index in [1.54, 1.807) is 11.7 Å². The van der Waals surface area contributed by atoms with Crippen LogP contribution in [0.3, 0.4) is 0 Å². The molecule has 1 N–H and O–H groups in total. The Kier molecular flexibility index (Phi) is 1.38. The predicted molar refractivity (Wildman–Crippen MR) is 33.2 cm³/mol. The van der Waals surface area contributed by atoms with Crippen molar-refractivity contribution in [3.05, 3.63) is 16.3 Å². The van der Waals surface area contributed by atoms with E-state index in [1.807, 2.05) is 6.92 Å². The summed E-state index contributed by atoms with van der Waals surface area (Å²) in [5, 5.41) is 2.51. The molecule has 0 saturated heterocycles. The van der Waals surface area contributed by atoms with E-state index < -0.39 is 0 Å². The monoisotopic (exact) mass is 127 g/mol. The molecule has 0 amide bonds. The maximum absolute atomic E-state index is 10.5. The van der Waals surface area contributed by atoms with Crippen LogP contribution < -0.4 is 5.69 Å². The summed E-state index contributed by atoms with van der Waals surface area (Å²) in [6.07, 6.45) is 0.787. The Hall–Kier alpha value is -1.06. The molecule has 50 valence electrons. The maximum atomic E-state index is 10.5. The molecule has 0 atom stereocenters. The molecule has 0 aromatic carbocycles. The van der Waals surface area contributed by atoms with Crippen molar-refractivity contribution >= 4 is 0 Å². The fourth-order valence-electron chi connectivity index (χ4n) is 0.741. The van der Waals surface area contributed by atoms with Crippen molar-refractivity contribution in [2.75, 3.05) is 0 Å². The lowest BCUT2D eigenvalue weighted by molar-refractivity contribution is 0.705. The van der Waals surface area contributed by atoms with Gasteiger partial charge in [-0.1, -0.05) is 6.92 Å². The number of rotatable bonds is 1. The van der Waals surface area contributed by atoms with Gasteiger partial charge in [-0.15, -0.1) is 0 Å². The Morgan fingerprint density at radius 1 is 1.78 bits per heavy atom. The van der Waals surface area contributed by atoms with Crippen LogP contribution in [0.15, 0.2) is 4.79 Å². The number of aromatic nitrogens is 3. The van der Waals surface area contributed by atoms with Gasteiger partial charge in [0.25, 0.3) is 0 Å². The first-order valence-corrected chi connectivity index (χ1v) is 2.86. The third-order valence-corrected chi connectivity index (χ3v) is 1.20. The van der Waals surface area contributed by atoms with Crippen molar-refractivity contribution < 1.29 is 0 Å². The summed E-state index contributed by atoms with van der Waals surface area (Å²) in [7, 11) is 1.77. The lowest BCUT2D eigenvalue weighted by Gasteiger charge is -1.91. The highest BCUT2D eigenvalue weighted by atomic mass is 16.1. The number of nitrogens with one attached hydrogen (secondary N) is 1. The summed E-state index contributed by atoms with van der Waals surface area (Å²) in [6.45, 7) is 1.95. The first-order chi connectivity index (χ1) is 4.24. The third kappa shape index (κ3) is 1.01. The van der Waals surface area contributed by atoms with Crippen LogP contribution in [0.1, 0.15) is 12.7 Å². The van der Waals surface area contributed by atoms with Gasteiger partial charge in [0.1, 0.15) is 5.82 Å². The first kappa shape index (κ1) is 6.07. The van der Waals surface area contributed by atoms with Gasteiger partial charge in [-0.3, -0.25) is 4.68 Å². The van der Waals surface area contributed by atoms with Crippen molar-refractivity contribution in [2.24, 2.45) is 7.05 Å². The van der Waals surface area contributed by atoms with Crippen LogP contribution in [0.5, 0.6) is 0 Å². The molecule has 0 unspecified atom stereocenters. The van der Waals surface area contributed by atoms with Gasteiger partial charge < -0.3 is 0 Å². The molecule has 4 nitrogen and oxygen atoms in total. The van der Waals surface area contributed by atoms with Crippen molar-refractivity contribution in [2.45, 2.75) is 13.3 Å².